The van der Waals surface area contributed by atoms with E-state index in [2.05, 4.69) is 10.9 Å². The van der Waals surface area contributed by atoms with E-state index in [1.807, 2.05) is 9.66 Å². The van der Waals surface area contributed by atoms with Gasteiger partial charge in [0, 0.05) is 25.9 Å². The molecule has 4 amide bonds. The summed E-state index contributed by atoms with van der Waals surface area (Å²) in [6.07, 6.45) is -0.611. The van der Waals surface area contributed by atoms with Crippen molar-refractivity contribution in [2.45, 2.75) is 36.5 Å². The minimum Gasteiger partial charge on any atom is -0.292 e. The highest BCUT2D eigenvalue weighted by Crippen LogP contribution is 2.42. The van der Waals surface area contributed by atoms with E-state index in [4.69, 9.17) is 24.4 Å². The van der Waals surface area contributed by atoms with Crippen LogP contribution in [-0.2, 0) is 39.2 Å². The average Bonchev–Trinajstić information content (AvgIpc) is 3.45. The van der Waals surface area contributed by atoms with Crippen molar-refractivity contribution in [2.75, 3.05) is 13.1 Å². The Labute approximate surface area is 284 Å². The second-order valence-electron chi connectivity index (χ2n) is 9.74. The van der Waals surface area contributed by atoms with E-state index in [9.17, 15) is 36.0 Å². The second-order valence-corrected chi connectivity index (χ2v) is 16.4. The highest BCUT2D eigenvalue weighted by atomic mass is 32.2. The minimum atomic E-state index is -4.01. The minimum absolute atomic E-state index is 0.000594. The van der Waals surface area contributed by atoms with Gasteiger partial charge in [0.25, 0.3) is 31.9 Å². The smallest absolute Gasteiger partial charge is 0.267 e. The Morgan fingerprint density at radius 2 is 0.978 bits per heavy atom. The number of sulfonamides is 2. The number of hydrogen-bond acceptors (Lipinski definition) is 12. The predicted octanol–water partition coefficient (Wildman–Crippen LogP) is 1.34. The molecule has 244 valence electrons. The van der Waals surface area contributed by atoms with Gasteiger partial charge >= 0.3 is 0 Å². The summed E-state index contributed by atoms with van der Waals surface area (Å²) in [5, 5.41) is 0. The van der Waals surface area contributed by atoms with Crippen LogP contribution in [0, 0.1) is 13.8 Å². The molecular weight excluding hydrogens is 717 g/mol. The number of nitrogens with zero attached hydrogens (tertiary/aromatic N) is 2. The lowest BCUT2D eigenvalue weighted by Gasteiger charge is -2.15. The molecule has 20 heteroatoms. The van der Waals surface area contributed by atoms with E-state index in [1.165, 1.54) is 24.3 Å². The molecule has 0 bridgehead atoms. The largest absolute Gasteiger partial charge is 0.292 e. The van der Waals surface area contributed by atoms with Crippen LogP contribution in [0.4, 0.5) is 0 Å². The average molecular weight is 743 g/mol. The molecule has 2 aliphatic rings. The van der Waals surface area contributed by atoms with E-state index >= 15 is 0 Å². The maximum absolute atomic E-state index is 13.1. The normalized spacial score (nSPS) is 17.2. The Balaban J connectivity index is 1.29. The second kappa shape index (κ2) is 14.7. The fourth-order valence-corrected chi connectivity index (χ4v) is 8.30. The van der Waals surface area contributed by atoms with Gasteiger partial charge in [0.1, 0.15) is 8.64 Å². The number of benzene rings is 2. The summed E-state index contributed by atoms with van der Waals surface area (Å²) in [5.74, 6) is -2.72. The molecule has 0 atom stereocenters. The third-order valence-corrected chi connectivity index (χ3v) is 11.9. The molecule has 2 saturated heterocycles. The van der Waals surface area contributed by atoms with Crippen LogP contribution in [0.15, 0.2) is 68.1 Å². The third-order valence-electron chi connectivity index (χ3n) is 6.34. The first-order chi connectivity index (χ1) is 21.6. The van der Waals surface area contributed by atoms with Crippen LogP contribution in [0.1, 0.15) is 24.0 Å². The van der Waals surface area contributed by atoms with E-state index in [0.29, 0.717) is 0 Å². The first kappa shape index (κ1) is 35.6. The number of carbonyl (C=O) groups is 4. The number of hydrogen-bond donors (Lipinski definition) is 4. The summed E-state index contributed by atoms with van der Waals surface area (Å²) in [4.78, 5) is 57.1. The number of aryl methyl sites for hydroxylation is 2. The lowest BCUT2D eigenvalue weighted by atomic mass is 10.2. The predicted molar refractivity (Wildman–Crippen MR) is 179 cm³/mol. The topological polar surface area (TPSA) is 191 Å². The number of nitrogens with one attached hydrogen (secondary N) is 4. The Morgan fingerprint density at radius 3 is 1.30 bits per heavy atom. The zero-order valence-corrected chi connectivity index (χ0v) is 29.0. The molecule has 0 aromatic heterocycles. The molecule has 2 heterocycles. The van der Waals surface area contributed by atoms with Crippen molar-refractivity contribution in [3.8, 4) is 0 Å². The van der Waals surface area contributed by atoms with Crippen LogP contribution in [0.25, 0.3) is 0 Å². The zero-order chi connectivity index (χ0) is 33.8. The van der Waals surface area contributed by atoms with Crippen LogP contribution in [-0.4, -0.2) is 72.0 Å². The van der Waals surface area contributed by atoms with Crippen molar-refractivity contribution in [2.24, 2.45) is 0 Å². The summed E-state index contributed by atoms with van der Waals surface area (Å²) in [5.41, 5.74) is 5.91. The van der Waals surface area contributed by atoms with Gasteiger partial charge in [0.15, 0.2) is 0 Å². The lowest BCUT2D eigenvalue weighted by molar-refractivity contribution is -0.126. The van der Waals surface area contributed by atoms with E-state index in [0.717, 1.165) is 44.5 Å². The highest BCUT2D eigenvalue weighted by molar-refractivity contribution is 8.29. The molecule has 0 radical (unpaired) electrons. The van der Waals surface area contributed by atoms with Crippen LogP contribution >= 0.6 is 48.0 Å². The monoisotopic (exact) mass is 742 g/mol. The quantitative estimate of drug-likeness (QED) is 0.139. The van der Waals surface area contributed by atoms with Crippen molar-refractivity contribution in [1.29, 1.82) is 0 Å². The maximum atomic E-state index is 13.1. The Kier molecular flexibility index (Phi) is 11.4. The standard InChI is InChI=1S/C26H26N6O8S6/c1-15-3-7-17(8-4-15)45(37,38)29-27-19(33)11-13-31-23(35)21(43-25(31)41)22-24(36)32(26(42)44-22)14-12-20(34)28-30-46(39,40)18-9-5-16(2)6-10-18/h3-10,29-30H,11-14H2,1-2H3,(H,27,33)(H,28,34). The Bertz CT molecular complexity index is 1730. The summed E-state index contributed by atoms with van der Waals surface area (Å²) in [6, 6.07) is 12.0. The SMILES string of the molecule is Cc1ccc(S(=O)(=O)NNC(=O)CCN2C(=O)C(=C3SC(=S)N(CCC(=O)NNS(=O)(=O)c4ccc(C)cc4)C3=O)SC2=S)cc1. The number of hydrazine groups is 2. The number of rotatable bonds is 12. The summed E-state index contributed by atoms with van der Waals surface area (Å²) in [6.45, 7) is 3.22. The summed E-state index contributed by atoms with van der Waals surface area (Å²) in [7, 11) is -8.03. The molecule has 14 nitrogen and oxygen atoms in total. The van der Waals surface area contributed by atoms with Crippen LogP contribution in [0.3, 0.4) is 0 Å². The van der Waals surface area contributed by atoms with Gasteiger partial charge < -0.3 is 0 Å². The molecular formula is C26H26N6O8S6. The van der Waals surface area contributed by atoms with E-state index < -0.39 is 43.7 Å². The number of thiocarbonyl (C=S) groups is 2. The van der Waals surface area contributed by atoms with Gasteiger partial charge in [-0.05, 0) is 38.1 Å². The van der Waals surface area contributed by atoms with Gasteiger partial charge in [-0.25, -0.2) is 16.8 Å². The van der Waals surface area contributed by atoms with Crippen molar-refractivity contribution >= 4 is 100 Å². The molecule has 2 aliphatic heterocycles. The lowest BCUT2D eigenvalue weighted by Crippen LogP contribution is -2.43. The third kappa shape index (κ3) is 8.56. The van der Waals surface area contributed by atoms with Gasteiger partial charge in [-0.15, -0.1) is 9.66 Å². The van der Waals surface area contributed by atoms with Gasteiger partial charge in [0.2, 0.25) is 11.8 Å². The zero-order valence-electron chi connectivity index (χ0n) is 24.1. The molecule has 4 N–H and O–H groups in total. The van der Waals surface area contributed by atoms with Crippen LogP contribution < -0.4 is 20.5 Å². The number of amides is 4. The van der Waals surface area contributed by atoms with Gasteiger partial charge in [0.05, 0.1) is 19.6 Å². The van der Waals surface area contributed by atoms with Crippen molar-refractivity contribution in [1.82, 2.24) is 30.3 Å². The summed E-state index contributed by atoms with van der Waals surface area (Å²) < 4.78 is 49.7. The molecule has 4 rings (SSSR count). The molecule has 2 aromatic carbocycles. The molecule has 0 spiro atoms. The van der Waals surface area contributed by atoms with Gasteiger partial charge in [-0.3, -0.25) is 39.8 Å². The Hall–Kier alpha value is -3.24. The van der Waals surface area contributed by atoms with Gasteiger partial charge in [-0.1, -0.05) is 83.4 Å². The number of thioether (sulfide) groups is 2. The maximum Gasteiger partial charge on any atom is 0.267 e. The Morgan fingerprint density at radius 1 is 0.652 bits per heavy atom. The fraction of sp³-hybridized carbons (Fsp3) is 0.231. The first-order valence-corrected chi connectivity index (χ1v) is 18.6. The van der Waals surface area contributed by atoms with E-state index in [-0.39, 0.29) is 54.2 Å². The molecule has 2 aromatic rings. The fourth-order valence-electron chi connectivity index (χ4n) is 3.81. The van der Waals surface area contributed by atoms with Crippen molar-refractivity contribution in [3.05, 3.63) is 69.5 Å². The summed E-state index contributed by atoms with van der Waals surface area (Å²) >= 11 is 12.3. The molecule has 0 unspecified atom stereocenters. The van der Waals surface area contributed by atoms with Crippen LogP contribution in [0.5, 0.6) is 0 Å². The molecule has 0 aliphatic carbocycles. The van der Waals surface area contributed by atoms with Crippen LogP contribution in [0.2, 0.25) is 0 Å². The van der Waals surface area contributed by atoms with E-state index in [1.54, 1.807) is 38.1 Å². The first-order valence-electron chi connectivity index (χ1n) is 13.2. The van der Waals surface area contributed by atoms with Crippen molar-refractivity contribution < 1.29 is 36.0 Å². The van der Waals surface area contributed by atoms with Gasteiger partial charge in [-0.2, -0.15) is 0 Å². The van der Waals surface area contributed by atoms with Crippen molar-refractivity contribution in [3.63, 3.8) is 0 Å². The molecule has 2 fully saturated rings. The number of carbonyl (C=O) groups excluding carboxylic acids is 4. The highest BCUT2D eigenvalue weighted by Gasteiger charge is 2.42. The molecule has 46 heavy (non-hydrogen) atoms. The molecule has 0 saturated carbocycles.